The van der Waals surface area contributed by atoms with Crippen molar-refractivity contribution in [3.05, 3.63) is 53.1 Å². The standard InChI is InChI=1S/C15H18N4O/c1-17-12-16-14(11-15(17)20)19-9-7-18(8-10-19)13-5-3-2-4-6-13/h2-6,11-12H,7-10H2,1H3. The van der Waals surface area contributed by atoms with Crippen molar-refractivity contribution in [2.75, 3.05) is 36.0 Å². The SMILES string of the molecule is Cn1cnc(N2CCN(c3ccccc3)CC2)cc1=O. The quantitative estimate of drug-likeness (QED) is 0.819. The molecule has 0 bridgehead atoms. The Morgan fingerprint density at radius 2 is 1.65 bits per heavy atom. The molecule has 0 radical (unpaired) electrons. The molecule has 5 heteroatoms. The first kappa shape index (κ1) is 12.7. The molecular weight excluding hydrogens is 252 g/mol. The summed E-state index contributed by atoms with van der Waals surface area (Å²) in [6.07, 6.45) is 1.58. The summed E-state index contributed by atoms with van der Waals surface area (Å²) in [5, 5.41) is 0. The van der Waals surface area contributed by atoms with Gasteiger partial charge in [0.1, 0.15) is 5.82 Å². The average molecular weight is 270 g/mol. The Bertz CT molecular complexity index is 630. The Kier molecular flexibility index (Phi) is 3.41. The lowest BCUT2D eigenvalue weighted by Crippen LogP contribution is -2.47. The van der Waals surface area contributed by atoms with Crippen LogP contribution < -0.4 is 15.4 Å². The average Bonchev–Trinajstić information content (AvgIpc) is 2.51. The molecule has 0 aliphatic carbocycles. The highest BCUT2D eigenvalue weighted by Gasteiger charge is 2.18. The summed E-state index contributed by atoms with van der Waals surface area (Å²) < 4.78 is 1.49. The minimum absolute atomic E-state index is 0.0134. The maximum atomic E-state index is 11.7. The molecule has 1 aromatic carbocycles. The normalized spacial score (nSPS) is 15.4. The topological polar surface area (TPSA) is 41.4 Å². The molecule has 2 heterocycles. The van der Waals surface area contributed by atoms with Gasteiger partial charge in [0.15, 0.2) is 0 Å². The van der Waals surface area contributed by atoms with Crippen molar-refractivity contribution in [3.8, 4) is 0 Å². The molecule has 3 rings (SSSR count). The van der Waals surface area contributed by atoms with Gasteiger partial charge < -0.3 is 14.4 Å². The highest BCUT2D eigenvalue weighted by Crippen LogP contribution is 2.17. The molecule has 0 spiro atoms. The van der Waals surface area contributed by atoms with E-state index in [2.05, 4.69) is 39.0 Å². The number of anilines is 2. The van der Waals surface area contributed by atoms with Crippen LogP contribution in [0.5, 0.6) is 0 Å². The molecule has 1 aromatic heterocycles. The molecule has 2 aromatic rings. The maximum absolute atomic E-state index is 11.7. The van der Waals surface area contributed by atoms with Crippen molar-refractivity contribution in [1.82, 2.24) is 9.55 Å². The molecule has 20 heavy (non-hydrogen) atoms. The summed E-state index contributed by atoms with van der Waals surface area (Å²) in [7, 11) is 1.71. The minimum Gasteiger partial charge on any atom is -0.368 e. The van der Waals surface area contributed by atoms with Gasteiger partial charge in [0.25, 0.3) is 5.56 Å². The van der Waals surface area contributed by atoms with Gasteiger partial charge in [0.2, 0.25) is 0 Å². The van der Waals surface area contributed by atoms with Crippen molar-refractivity contribution in [2.45, 2.75) is 0 Å². The van der Waals surface area contributed by atoms with E-state index in [0.717, 1.165) is 32.0 Å². The summed E-state index contributed by atoms with van der Waals surface area (Å²) in [6.45, 7) is 3.66. The second-order valence-electron chi connectivity index (χ2n) is 5.01. The van der Waals surface area contributed by atoms with Crippen molar-refractivity contribution < 1.29 is 0 Å². The zero-order valence-corrected chi connectivity index (χ0v) is 11.6. The Morgan fingerprint density at radius 1 is 1.00 bits per heavy atom. The highest BCUT2D eigenvalue weighted by atomic mass is 16.1. The van der Waals surface area contributed by atoms with Crippen LogP contribution in [0.2, 0.25) is 0 Å². The summed E-state index contributed by atoms with van der Waals surface area (Å²) >= 11 is 0. The lowest BCUT2D eigenvalue weighted by molar-refractivity contribution is 0.643. The van der Waals surface area contributed by atoms with Crippen molar-refractivity contribution in [2.24, 2.45) is 7.05 Å². The fraction of sp³-hybridized carbons (Fsp3) is 0.333. The number of rotatable bonds is 2. The van der Waals surface area contributed by atoms with E-state index in [4.69, 9.17) is 0 Å². The predicted molar refractivity (Wildman–Crippen MR) is 80.3 cm³/mol. The molecule has 1 aliphatic heterocycles. The van der Waals surface area contributed by atoms with Crippen LogP contribution in [0.15, 0.2) is 47.5 Å². The smallest absolute Gasteiger partial charge is 0.255 e. The number of hydrogen-bond donors (Lipinski definition) is 0. The van der Waals surface area contributed by atoms with Gasteiger partial charge in [0.05, 0.1) is 6.33 Å². The van der Waals surface area contributed by atoms with Crippen LogP contribution >= 0.6 is 0 Å². The third-order valence-corrected chi connectivity index (χ3v) is 3.69. The number of para-hydroxylation sites is 1. The van der Waals surface area contributed by atoms with Gasteiger partial charge in [-0.15, -0.1) is 0 Å². The van der Waals surface area contributed by atoms with Gasteiger partial charge in [0, 0.05) is 45.0 Å². The third-order valence-electron chi connectivity index (χ3n) is 3.69. The first-order chi connectivity index (χ1) is 9.74. The molecule has 0 amide bonds. The van der Waals surface area contributed by atoms with Crippen LogP contribution in [0.25, 0.3) is 0 Å². The molecule has 104 valence electrons. The number of nitrogens with zero attached hydrogens (tertiary/aromatic N) is 4. The van der Waals surface area contributed by atoms with Gasteiger partial charge in [-0.05, 0) is 12.1 Å². The Balaban J connectivity index is 1.69. The number of aryl methyl sites for hydroxylation is 1. The van der Waals surface area contributed by atoms with Crippen LogP contribution in [-0.4, -0.2) is 35.7 Å². The van der Waals surface area contributed by atoms with Crippen LogP contribution in [0.1, 0.15) is 0 Å². The Hall–Kier alpha value is -2.30. The second-order valence-corrected chi connectivity index (χ2v) is 5.01. The minimum atomic E-state index is -0.0134. The highest BCUT2D eigenvalue weighted by molar-refractivity contribution is 5.48. The van der Waals surface area contributed by atoms with Crippen molar-refractivity contribution >= 4 is 11.5 Å². The summed E-state index contributed by atoms with van der Waals surface area (Å²) in [6, 6.07) is 12.0. The van der Waals surface area contributed by atoms with Crippen molar-refractivity contribution in [1.29, 1.82) is 0 Å². The second kappa shape index (κ2) is 5.36. The first-order valence-electron chi connectivity index (χ1n) is 6.82. The molecule has 0 atom stereocenters. The van der Waals surface area contributed by atoms with E-state index >= 15 is 0 Å². The first-order valence-corrected chi connectivity index (χ1v) is 6.82. The van der Waals surface area contributed by atoms with Crippen LogP contribution in [0, 0.1) is 0 Å². The summed E-state index contributed by atoms with van der Waals surface area (Å²) in [5.74, 6) is 0.779. The Labute approximate surface area is 118 Å². The number of benzene rings is 1. The molecule has 0 N–H and O–H groups in total. The maximum Gasteiger partial charge on any atom is 0.255 e. The van der Waals surface area contributed by atoms with Gasteiger partial charge in [-0.25, -0.2) is 4.98 Å². The van der Waals surface area contributed by atoms with E-state index in [-0.39, 0.29) is 5.56 Å². The largest absolute Gasteiger partial charge is 0.368 e. The fourth-order valence-electron chi connectivity index (χ4n) is 2.46. The van der Waals surface area contributed by atoms with Crippen molar-refractivity contribution in [3.63, 3.8) is 0 Å². The van der Waals surface area contributed by atoms with Crippen LogP contribution in [-0.2, 0) is 7.05 Å². The molecule has 5 nitrogen and oxygen atoms in total. The van der Waals surface area contributed by atoms with E-state index in [1.807, 2.05) is 6.07 Å². The monoisotopic (exact) mass is 270 g/mol. The van der Waals surface area contributed by atoms with E-state index in [1.165, 1.54) is 10.3 Å². The van der Waals surface area contributed by atoms with E-state index in [9.17, 15) is 4.79 Å². The Morgan fingerprint density at radius 3 is 2.30 bits per heavy atom. The summed E-state index contributed by atoms with van der Waals surface area (Å²) in [5.41, 5.74) is 1.24. The molecule has 1 fully saturated rings. The zero-order chi connectivity index (χ0) is 13.9. The van der Waals surface area contributed by atoms with Crippen LogP contribution in [0.4, 0.5) is 11.5 Å². The molecule has 1 saturated heterocycles. The van der Waals surface area contributed by atoms with Gasteiger partial charge in [-0.1, -0.05) is 18.2 Å². The molecule has 0 unspecified atom stereocenters. The van der Waals surface area contributed by atoms with Gasteiger partial charge in [-0.2, -0.15) is 0 Å². The van der Waals surface area contributed by atoms with Gasteiger partial charge >= 0.3 is 0 Å². The van der Waals surface area contributed by atoms with Crippen LogP contribution in [0.3, 0.4) is 0 Å². The third kappa shape index (κ3) is 2.52. The van der Waals surface area contributed by atoms with E-state index < -0.39 is 0 Å². The van der Waals surface area contributed by atoms with E-state index in [1.54, 1.807) is 19.4 Å². The summed E-state index contributed by atoms with van der Waals surface area (Å²) in [4.78, 5) is 20.5. The molecular formula is C15H18N4O. The lowest BCUT2D eigenvalue weighted by atomic mass is 10.2. The van der Waals surface area contributed by atoms with E-state index in [0.29, 0.717) is 0 Å². The number of piperazine rings is 1. The zero-order valence-electron chi connectivity index (χ0n) is 11.6. The number of hydrogen-bond acceptors (Lipinski definition) is 4. The van der Waals surface area contributed by atoms with Gasteiger partial charge in [-0.3, -0.25) is 4.79 Å². The molecule has 1 aliphatic rings. The molecule has 0 saturated carbocycles. The number of aromatic nitrogens is 2. The fourth-order valence-corrected chi connectivity index (χ4v) is 2.46. The predicted octanol–water partition coefficient (Wildman–Crippen LogP) is 1.11. The lowest BCUT2D eigenvalue weighted by Gasteiger charge is -2.36.